The quantitative estimate of drug-likeness (QED) is 0.521. The van der Waals surface area contributed by atoms with E-state index in [9.17, 15) is 0 Å². The first-order valence-electron chi connectivity index (χ1n) is 4.99. The summed E-state index contributed by atoms with van der Waals surface area (Å²) in [4.78, 5) is 0. The highest BCUT2D eigenvalue weighted by atomic mass is 16.5. The van der Waals surface area contributed by atoms with Crippen molar-refractivity contribution in [3.8, 4) is 0 Å². The molecule has 2 rings (SSSR count). The average Bonchev–Trinajstić information content (AvgIpc) is 1.82. The first-order valence-corrected chi connectivity index (χ1v) is 4.99. The van der Waals surface area contributed by atoms with Gasteiger partial charge in [0.25, 0.3) is 0 Å². The lowest BCUT2D eigenvalue weighted by Gasteiger charge is -2.42. The molecule has 1 spiro atoms. The molecule has 0 atom stereocenters. The van der Waals surface area contributed by atoms with Crippen LogP contribution >= 0.6 is 0 Å². The molecular formula is C10H18O. The maximum Gasteiger partial charge on any atom is 0.0544 e. The van der Waals surface area contributed by atoms with Crippen LogP contribution < -0.4 is 0 Å². The van der Waals surface area contributed by atoms with Gasteiger partial charge in [-0.2, -0.15) is 0 Å². The van der Waals surface area contributed by atoms with Crippen molar-refractivity contribution < 1.29 is 4.74 Å². The van der Waals surface area contributed by atoms with Crippen LogP contribution in [0.1, 0.15) is 44.9 Å². The molecular weight excluding hydrogens is 136 g/mol. The van der Waals surface area contributed by atoms with Gasteiger partial charge in [0.1, 0.15) is 0 Å². The molecule has 1 aliphatic heterocycles. The summed E-state index contributed by atoms with van der Waals surface area (Å²) in [6.45, 7) is 2.12. The monoisotopic (exact) mass is 154 g/mol. The number of hydrogen-bond acceptors (Lipinski definition) is 1. The van der Waals surface area contributed by atoms with Crippen LogP contribution in [0.4, 0.5) is 0 Å². The van der Waals surface area contributed by atoms with Crippen LogP contribution in [0, 0.1) is 5.41 Å². The summed E-state index contributed by atoms with van der Waals surface area (Å²) in [6, 6.07) is 0. The Bertz CT molecular complexity index is 117. The van der Waals surface area contributed by atoms with Gasteiger partial charge in [-0.3, -0.25) is 0 Å². The van der Waals surface area contributed by atoms with Crippen molar-refractivity contribution in [1.82, 2.24) is 0 Å². The Kier molecular flexibility index (Phi) is 2.17. The fourth-order valence-electron chi connectivity index (χ4n) is 2.33. The van der Waals surface area contributed by atoms with Crippen LogP contribution in [0.15, 0.2) is 0 Å². The van der Waals surface area contributed by atoms with Gasteiger partial charge in [0.2, 0.25) is 0 Å². The summed E-state index contributed by atoms with van der Waals surface area (Å²) in [5.74, 6) is 0. The van der Waals surface area contributed by atoms with E-state index in [-0.39, 0.29) is 0 Å². The maximum absolute atomic E-state index is 5.31. The fourth-order valence-corrected chi connectivity index (χ4v) is 2.33. The molecule has 1 heteroatoms. The van der Waals surface area contributed by atoms with Crippen molar-refractivity contribution in [2.75, 3.05) is 13.2 Å². The molecule has 0 aromatic rings. The zero-order valence-electron chi connectivity index (χ0n) is 7.27. The first kappa shape index (κ1) is 7.60. The molecule has 64 valence electrons. The molecule has 0 aromatic carbocycles. The van der Waals surface area contributed by atoms with E-state index in [1.165, 1.54) is 44.9 Å². The predicted molar refractivity (Wildman–Crippen MR) is 45.6 cm³/mol. The van der Waals surface area contributed by atoms with E-state index in [1.807, 2.05) is 0 Å². The third-order valence-corrected chi connectivity index (χ3v) is 3.23. The van der Waals surface area contributed by atoms with Crippen molar-refractivity contribution in [2.45, 2.75) is 44.9 Å². The van der Waals surface area contributed by atoms with Crippen molar-refractivity contribution in [3.05, 3.63) is 0 Å². The largest absolute Gasteiger partial charge is 0.380 e. The Labute approximate surface area is 69.1 Å². The minimum atomic E-state index is 0.653. The number of hydrogen-bond donors (Lipinski definition) is 0. The summed E-state index contributed by atoms with van der Waals surface area (Å²) in [7, 11) is 0. The van der Waals surface area contributed by atoms with Crippen LogP contribution in [0.25, 0.3) is 0 Å². The highest BCUT2D eigenvalue weighted by molar-refractivity contribution is 4.86. The second-order valence-corrected chi connectivity index (χ2v) is 4.26. The lowest BCUT2D eigenvalue weighted by molar-refractivity contribution is -0.125. The molecule has 1 heterocycles. The van der Waals surface area contributed by atoms with E-state index in [4.69, 9.17) is 4.74 Å². The molecule has 1 saturated carbocycles. The van der Waals surface area contributed by atoms with E-state index >= 15 is 0 Å². The van der Waals surface area contributed by atoms with Crippen molar-refractivity contribution in [1.29, 1.82) is 0 Å². The molecule has 0 aromatic heterocycles. The molecule has 2 fully saturated rings. The lowest BCUT2D eigenvalue weighted by atomic mass is 9.75. The molecule has 0 bridgehead atoms. The van der Waals surface area contributed by atoms with Crippen LogP contribution in [-0.4, -0.2) is 13.2 Å². The standard InChI is InChI=1S/C10H18O/c1-2-4-6-10(7-5-3-1)8-11-9-10/h1-9H2. The zero-order chi connectivity index (χ0) is 7.57. The smallest absolute Gasteiger partial charge is 0.0544 e. The average molecular weight is 154 g/mol. The van der Waals surface area contributed by atoms with Crippen LogP contribution in [0.2, 0.25) is 0 Å². The van der Waals surface area contributed by atoms with Gasteiger partial charge in [0.05, 0.1) is 13.2 Å². The Morgan fingerprint density at radius 1 is 0.727 bits per heavy atom. The van der Waals surface area contributed by atoms with Crippen molar-refractivity contribution in [2.24, 2.45) is 5.41 Å². The minimum absolute atomic E-state index is 0.653. The zero-order valence-corrected chi connectivity index (χ0v) is 7.27. The Hall–Kier alpha value is -0.0400. The Balaban J connectivity index is 1.86. The van der Waals surface area contributed by atoms with Gasteiger partial charge < -0.3 is 4.74 Å². The molecule has 0 N–H and O–H groups in total. The lowest BCUT2D eigenvalue weighted by Crippen LogP contribution is -2.42. The Morgan fingerprint density at radius 2 is 1.27 bits per heavy atom. The fraction of sp³-hybridized carbons (Fsp3) is 1.00. The summed E-state index contributed by atoms with van der Waals surface area (Å²) >= 11 is 0. The molecule has 1 aliphatic carbocycles. The minimum Gasteiger partial charge on any atom is -0.380 e. The van der Waals surface area contributed by atoms with Gasteiger partial charge in [-0.1, -0.05) is 32.1 Å². The highest BCUT2D eigenvalue weighted by Gasteiger charge is 2.37. The highest BCUT2D eigenvalue weighted by Crippen LogP contribution is 2.40. The molecule has 0 radical (unpaired) electrons. The second kappa shape index (κ2) is 3.14. The third-order valence-electron chi connectivity index (χ3n) is 3.23. The van der Waals surface area contributed by atoms with Gasteiger partial charge in [-0.05, 0) is 12.8 Å². The second-order valence-electron chi connectivity index (χ2n) is 4.26. The van der Waals surface area contributed by atoms with Crippen LogP contribution in [0.3, 0.4) is 0 Å². The van der Waals surface area contributed by atoms with Crippen LogP contribution in [0.5, 0.6) is 0 Å². The molecule has 0 unspecified atom stereocenters. The van der Waals surface area contributed by atoms with E-state index in [1.54, 1.807) is 0 Å². The first-order chi connectivity index (χ1) is 5.41. The van der Waals surface area contributed by atoms with Gasteiger partial charge in [-0.25, -0.2) is 0 Å². The van der Waals surface area contributed by atoms with E-state index < -0.39 is 0 Å². The van der Waals surface area contributed by atoms with Gasteiger partial charge in [-0.15, -0.1) is 0 Å². The van der Waals surface area contributed by atoms with Crippen LogP contribution in [-0.2, 0) is 4.74 Å². The molecule has 0 amide bonds. The Morgan fingerprint density at radius 3 is 1.73 bits per heavy atom. The van der Waals surface area contributed by atoms with Crippen molar-refractivity contribution in [3.63, 3.8) is 0 Å². The summed E-state index contributed by atoms with van der Waals surface area (Å²) < 4.78 is 5.31. The van der Waals surface area contributed by atoms with Gasteiger partial charge in [0.15, 0.2) is 0 Å². The maximum atomic E-state index is 5.31. The molecule has 1 saturated heterocycles. The van der Waals surface area contributed by atoms with Gasteiger partial charge in [0, 0.05) is 5.41 Å². The predicted octanol–water partition coefficient (Wildman–Crippen LogP) is 2.75. The summed E-state index contributed by atoms with van der Waals surface area (Å²) in [5.41, 5.74) is 0.653. The number of rotatable bonds is 0. The SMILES string of the molecule is C1CCCC2(CCC1)COC2. The van der Waals surface area contributed by atoms with Gasteiger partial charge >= 0.3 is 0 Å². The number of ether oxygens (including phenoxy) is 1. The third kappa shape index (κ3) is 1.58. The van der Waals surface area contributed by atoms with Crippen molar-refractivity contribution >= 4 is 0 Å². The summed E-state index contributed by atoms with van der Waals surface area (Å²) in [6.07, 6.45) is 10.2. The van der Waals surface area contributed by atoms with E-state index in [0.717, 1.165) is 13.2 Å². The topological polar surface area (TPSA) is 9.23 Å². The van der Waals surface area contributed by atoms with E-state index in [2.05, 4.69) is 0 Å². The summed E-state index contributed by atoms with van der Waals surface area (Å²) in [5, 5.41) is 0. The molecule has 11 heavy (non-hydrogen) atoms. The molecule has 1 nitrogen and oxygen atoms in total. The normalized spacial score (nSPS) is 30.5. The van der Waals surface area contributed by atoms with E-state index in [0.29, 0.717) is 5.41 Å². The molecule has 2 aliphatic rings.